The molecule has 1 heterocycles. The zero-order chi connectivity index (χ0) is 20.9. The van der Waals surface area contributed by atoms with Crippen molar-refractivity contribution in [1.29, 1.82) is 5.26 Å². The molecule has 0 aliphatic carbocycles. The fraction of sp³-hybridized carbons (Fsp3) is 0.417. The lowest BCUT2D eigenvalue weighted by Crippen LogP contribution is -2.45. The van der Waals surface area contributed by atoms with Crippen molar-refractivity contribution in [1.82, 2.24) is 0 Å². The van der Waals surface area contributed by atoms with Gasteiger partial charge in [0.25, 0.3) is 0 Å². The summed E-state index contributed by atoms with van der Waals surface area (Å²) in [5, 5.41) is 12.6. The van der Waals surface area contributed by atoms with Gasteiger partial charge in [0, 0.05) is 19.3 Å². The van der Waals surface area contributed by atoms with E-state index in [0.717, 1.165) is 17.5 Å². The number of nitrogens with zero attached hydrogens (tertiary/aromatic N) is 1. The lowest BCUT2D eigenvalue weighted by Gasteiger charge is -2.36. The molecule has 29 heavy (non-hydrogen) atoms. The molecule has 0 radical (unpaired) electrons. The Morgan fingerprint density at radius 1 is 1.24 bits per heavy atom. The van der Waals surface area contributed by atoms with Crippen LogP contribution in [-0.4, -0.2) is 25.2 Å². The smallest absolute Gasteiger partial charge is 0.235 e. The van der Waals surface area contributed by atoms with Crippen molar-refractivity contribution in [2.45, 2.75) is 51.6 Å². The minimum Gasteiger partial charge on any atom is -0.491 e. The van der Waals surface area contributed by atoms with Crippen LogP contribution in [0, 0.1) is 18.3 Å². The highest BCUT2D eigenvalue weighted by Gasteiger charge is 2.41. The van der Waals surface area contributed by atoms with Crippen LogP contribution >= 0.6 is 0 Å². The summed E-state index contributed by atoms with van der Waals surface area (Å²) >= 11 is 0. The lowest BCUT2D eigenvalue weighted by molar-refractivity contribution is -0.125. The summed E-state index contributed by atoms with van der Waals surface area (Å²) in [7, 11) is 0. The van der Waals surface area contributed by atoms with E-state index in [1.165, 1.54) is 0 Å². The molecule has 1 amide bonds. The number of benzene rings is 2. The second-order valence-electron chi connectivity index (χ2n) is 7.67. The van der Waals surface area contributed by atoms with E-state index in [1.807, 2.05) is 45.0 Å². The van der Waals surface area contributed by atoms with Crippen molar-refractivity contribution in [2.24, 2.45) is 0 Å². The van der Waals surface area contributed by atoms with Gasteiger partial charge in [0.2, 0.25) is 5.91 Å². The first-order valence-electron chi connectivity index (χ1n) is 10.2. The molecule has 1 aliphatic rings. The fourth-order valence-electron chi connectivity index (χ4n) is 3.60. The van der Waals surface area contributed by atoms with Gasteiger partial charge < -0.3 is 14.8 Å². The summed E-state index contributed by atoms with van der Waals surface area (Å²) in [6, 6.07) is 15.5. The van der Waals surface area contributed by atoms with Crippen LogP contribution in [0.25, 0.3) is 0 Å². The number of aryl methyl sites for hydroxylation is 1. The van der Waals surface area contributed by atoms with Gasteiger partial charge in [-0.2, -0.15) is 5.26 Å². The number of hydrogen-bond donors (Lipinski definition) is 1. The summed E-state index contributed by atoms with van der Waals surface area (Å²) in [4.78, 5) is 13.4. The van der Waals surface area contributed by atoms with E-state index in [-0.39, 0.29) is 12.0 Å². The first kappa shape index (κ1) is 20.9. The fourth-order valence-corrected chi connectivity index (χ4v) is 3.60. The summed E-state index contributed by atoms with van der Waals surface area (Å²) in [5.74, 6) is 0.532. The van der Waals surface area contributed by atoms with Crippen LogP contribution in [0.2, 0.25) is 0 Å². The number of nitriles is 1. The number of hydrogen-bond acceptors (Lipinski definition) is 4. The van der Waals surface area contributed by atoms with Gasteiger partial charge in [0.15, 0.2) is 0 Å². The molecule has 1 atom stereocenters. The second-order valence-corrected chi connectivity index (χ2v) is 7.67. The molecular formula is C24H28N2O3. The molecule has 3 rings (SSSR count). The molecule has 0 spiro atoms. The van der Waals surface area contributed by atoms with Gasteiger partial charge >= 0.3 is 0 Å². The number of rotatable bonds is 6. The summed E-state index contributed by atoms with van der Waals surface area (Å²) in [6.07, 6.45) is 2.16. The molecule has 5 nitrogen and oxygen atoms in total. The van der Waals surface area contributed by atoms with Crippen LogP contribution in [0.5, 0.6) is 5.75 Å². The summed E-state index contributed by atoms with van der Waals surface area (Å²) in [5.41, 5.74) is 2.38. The van der Waals surface area contributed by atoms with Gasteiger partial charge in [0.05, 0.1) is 22.8 Å². The minimum atomic E-state index is -0.662. The Hall–Kier alpha value is -2.84. The van der Waals surface area contributed by atoms with Crippen molar-refractivity contribution in [3.63, 3.8) is 0 Å². The van der Waals surface area contributed by atoms with Crippen molar-refractivity contribution >= 4 is 11.6 Å². The molecule has 0 aromatic heterocycles. The Morgan fingerprint density at radius 2 is 1.93 bits per heavy atom. The van der Waals surface area contributed by atoms with Crippen LogP contribution in [-0.2, 0) is 14.9 Å². The first-order valence-corrected chi connectivity index (χ1v) is 10.2. The molecule has 1 saturated heterocycles. The van der Waals surface area contributed by atoms with Gasteiger partial charge in [-0.3, -0.25) is 4.79 Å². The van der Waals surface area contributed by atoms with Crippen LogP contribution in [0.1, 0.15) is 49.8 Å². The number of nitrogens with one attached hydrogen (secondary N) is 1. The zero-order valence-corrected chi connectivity index (χ0v) is 17.3. The van der Waals surface area contributed by atoms with Crippen LogP contribution in [0.4, 0.5) is 5.69 Å². The zero-order valence-electron chi connectivity index (χ0n) is 17.3. The molecule has 2 aromatic carbocycles. The average molecular weight is 392 g/mol. The third kappa shape index (κ3) is 4.60. The predicted molar refractivity (Wildman–Crippen MR) is 113 cm³/mol. The van der Waals surface area contributed by atoms with Crippen molar-refractivity contribution in [3.05, 3.63) is 59.2 Å². The van der Waals surface area contributed by atoms with E-state index in [2.05, 4.69) is 11.4 Å². The van der Waals surface area contributed by atoms with E-state index >= 15 is 0 Å². The predicted octanol–water partition coefficient (Wildman–Crippen LogP) is 4.73. The monoisotopic (exact) mass is 392 g/mol. The quantitative estimate of drug-likeness (QED) is 0.771. The SMILES string of the molecule is CCC(C)Oc1ccc(NC(=O)C2(c3ccc(C)cc3)CCOCC2)c(C#N)c1. The molecule has 5 heteroatoms. The van der Waals surface area contributed by atoms with Gasteiger partial charge in [-0.15, -0.1) is 0 Å². The molecular weight excluding hydrogens is 364 g/mol. The number of carbonyl (C=O) groups is 1. The van der Waals surface area contributed by atoms with Gasteiger partial charge in [-0.05, 0) is 50.8 Å². The van der Waals surface area contributed by atoms with Gasteiger partial charge in [-0.25, -0.2) is 0 Å². The second kappa shape index (κ2) is 9.11. The Labute approximate surface area is 172 Å². The molecule has 2 aromatic rings. The van der Waals surface area contributed by atoms with E-state index in [4.69, 9.17) is 9.47 Å². The average Bonchev–Trinajstić information content (AvgIpc) is 2.75. The minimum absolute atomic E-state index is 0.0639. The molecule has 0 saturated carbocycles. The van der Waals surface area contributed by atoms with E-state index in [1.54, 1.807) is 18.2 Å². The normalized spacial score (nSPS) is 16.5. The van der Waals surface area contributed by atoms with Crippen molar-refractivity contribution in [2.75, 3.05) is 18.5 Å². The molecule has 0 bridgehead atoms. The lowest BCUT2D eigenvalue weighted by atomic mass is 9.73. The largest absolute Gasteiger partial charge is 0.491 e. The molecule has 152 valence electrons. The number of anilines is 1. The third-order valence-electron chi connectivity index (χ3n) is 5.66. The molecule has 1 N–H and O–H groups in total. The molecule has 1 aliphatic heterocycles. The van der Waals surface area contributed by atoms with Crippen molar-refractivity contribution in [3.8, 4) is 11.8 Å². The number of amides is 1. The highest BCUT2D eigenvalue weighted by atomic mass is 16.5. The summed E-state index contributed by atoms with van der Waals surface area (Å²) < 4.78 is 11.3. The summed E-state index contributed by atoms with van der Waals surface area (Å²) in [6.45, 7) is 7.13. The van der Waals surface area contributed by atoms with Crippen LogP contribution in [0.15, 0.2) is 42.5 Å². The number of ether oxygens (including phenoxy) is 2. The Kier molecular flexibility index (Phi) is 6.56. The maximum Gasteiger partial charge on any atom is 0.235 e. The third-order valence-corrected chi connectivity index (χ3v) is 5.66. The van der Waals surface area contributed by atoms with E-state index in [9.17, 15) is 10.1 Å². The van der Waals surface area contributed by atoms with E-state index in [0.29, 0.717) is 43.1 Å². The topological polar surface area (TPSA) is 71.3 Å². The maximum atomic E-state index is 13.4. The Bertz CT molecular complexity index is 893. The van der Waals surface area contributed by atoms with Crippen molar-refractivity contribution < 1.29 is 14.3 Å². The Balaban J connectivity index is 1.88. The highest BCUT2D eigenvalue weighted by Crippen LogP contribution is 2.37. The van der Waals surface area contributed by atoms with Crippen LogP contribution in [0.3, 0.4) is 0 Å². The Morgan fingerprint density at radius 3 is 2.55 bits per heavy atom. The van der Waals surface area contributed by atoms with Crippen LogP contribution < -0.4 is 10.1 Å². The van der Waals surface area contributed by atoms with E-state index < -0.39 is 5.41 Å². The highest BCUT2D eigenvalue weighted by molar-refractivity contribution is 6.00. The first-order chi connectivity index (χ1) is 14.0. The maximum absolute atomic E-state index is 13.4. The standard InChI is InChI=1S/C24H28N2O3/c1-4-18(3)29-21-9-10-22(19(15-21)16-25)26-23(27)24(11-13-28-14-12-24)20-7-5-17(2)6-8-20/h5-10,15,18H,4,11-14H2,1-3H3,(H,26,27). The molecule has 1 unspecified atom stereocenters. The number of carbonyl (C=O) groups excluding carboxylic acids is 1. The molecule has 1 fully saturated rings. The van der Waals surface area contributed by atoms with Gasteiger partial charge in [0.1, 0.15) is 11.8 Å². The van der Waals surface area contributed by atoms with Gasteiger partial charge in [-0.1, -0.05) is 36.8 Å².